The van der Waals surface area contributed by atoms with E-state index in [-0.39, 0.29) is 11.7 Å². The number of rotatable bonds is 8. The Balaban J connectivity index is 1.47. The summed E-state index contributed by atoms with van der Waals surface area (Å²) in [5, 5.41) is 12.7. The van der Waals surface area contributed by atoms with Crippen molar-refractivity contribution in [3.8, 4) is 5.69 Å². The van der Waals surface area contributed by atoms with E-state index >= 15 is 0 Å². The molecule has 0 saturated carbocycles. The fraction of sp³-hybridized carbons (Fsp3) is 0.375. The molecule has 1 saturated heterocycles. The predicted molar refractivity (Wildman–Crippen MR) is 126 cm³/mol. The molecule has 2 heterocycles. The summed E-state index contributed by atoms with van der Waals surface area (Å²) in [5.74, 6) is 1.16. The smallest absolute Gasteiger partial charge is 0.234 e. The Morgan fingerprint density at radius 2 is 1.84 bits per heavy atom. The van der Waals surface area contributed by atoms with Gasteiger partial charge >= 0.3 is 0 Å². The largest absolute Gasteiger partial charge is 0.325 e. The van der Waals surface area contributed by atoms with Crippen molar-refractivity contribution in [2.45, 2.75) is 44.3 Å². The minimum absolute atomic E-state index is 0.0431. The lowest BCUT2D eigenvalue weighted by Gasteiger charge is -2.26. The van der Waals surface area contributed by atoms with Crippen molar-refractivity contribution < 1.29 is 4.79 Å². The van der Waals surface area contributed by atoms with E-state index in [1.54, 1.807) is 0 Å². The summed E-state index contributed by atoms with van der Waals surface area (Å²) in [6.07, 6.45) is 4.72. The first-order valence-electron chi connectivity index (χ1n) is 11.0. The first-order valence-corrected chi connectivity index (χ1v) is 11.9. The van der Waals surface area contributed by atoms with Crippen LogP contribution in [0, 0.1) is 0 Å². The summed E-state index contributed by atoms with van der Waals surface area (Å²) >= 11 is 1.42. The number of hydrogen-bond donors (Lipinski definition) is 1. The second-order valence-electron chi connectivity index (χ2n) is 7.80. The number of aryl methyl sites for hydroxylation is 1. The molecule has 4 rings (SSSR count). The van der Waals surface area contributed by atoms with Gasteiger partial charge in [-0.05, 0) is 62.2 Å². The normalized spacial score (nSPS) is 14.5. The lowest BCUT2D eigenvalue weighted by molar-refractivity contribution is -0.113. The highest BCUT2D eigenvalue weighted by molar-refractivity contribution is 7.99. The van der Waals surface area contributed by atoms with Gasteiger partial charge in [-0.25, -0.2) is 0 Å². The molecular weight excluding hydrogens is 406 g/mol. The second-order valence-corrected chi connectivity index (χ2v) is 8.74. The lowest BCUT2D eigenvalue weighted by atomic mass is 10.1. The number of thioether (sulfide) groups is 1. The first kappa shape index (κ1) is 21.6. The van der Waals surface area contributed by atoms with Gasteiger partial charge in [0.2, 0.25) is 5.91 Å². The third-order valence-corrected chi connectivity index (χ3v) is 6.41. The van der Waals surface area contributed by atoms with E-state index in [4.69, 9.17) is 0 Å². The van der Waals surface area contributed by atoms with E-state index < -0.39 is 0 Å². The Kier molecular flexibility index (Phi) is 7.38. The highest BCUT2D eigenvalue weighted by Crippen LogP contribution is 2.24. The van der Waals surface area contributed by atoms with Crippen molar-refractivity contribution in [1.82, 2.24) is 19.7 Å². The molecule has 0 aliphatic carbocycles. The maximum absolute atomic E-state index is 12.6. The van der Waals surface area contributed by atoms with E-state index in [0.717, 1.165) is 48.4 Å². The summed E-state index contributed by atoms with van der Waals surface area (Å²) in [6, 6.07) is 18.1. The summed E-state index contributed by atoms with van der Waals surface area (Å²) in [5.41, 5.74) is 3.06. The van der Waals surface area contributed by atoms with Gasteiger partial charge in [-0.15, -0.1) is 10.2 Å². The number of carbonyl (C=O) groups excluding carboxylic acids is 1. The number of amides is 1. The molecule has 0 radical (unpaired) electrons. The van der Waals surface area contributed by atoms with Crippen molar-refractivity contribution in [3.63, 3.8) is 0 Å². The highest BCUT2D eigenvalue weighted by atomic mass is 32.2. The number of hydrogen-bond acceptors (Lipinski definition) is 5. The maximum Gasteiger partial charge on any atom is 0.234 e. The standard InChI is InChI=1S/C24H29N5OS/c1-2-19-10-9-11-20(16-19)25-23(30)18-31-24-27-26-22(17-28-14-7-4-8-15-28)29(24)21-12-5-3-6-13-21/h3,5-6,9-13,16H,2,4,7-8,14-15,17-18H2,1H3,(H,25,30). The molecular formula is C24H29N5OS. The van der Waals surface area contributed by atoms with Crippen LogP contribution in [0.15, 0.2) is 59.8 Å². The molecule has 162 valence electrons. The van der Waals surface area contributed by atoms with Crippen LogP contribution >= 0.6 is 11.8 Å². The van der Waals surface area contributed by atoms with Crippen molar-refractivity contribution in [2.24, 2.45) is 0 Å². The number of likely N-dealkylation sites (tertiary alicyclic amines) is 1. The number of piperidine rings is 1. The van der Waals surface area contributed by atoms with Crippen LogP contribution in [0.1, 0.15) is 37.6 Å². The van der Waals surface area contributed by atoms with Crippen LogP contribution in [0.2, 0.25) is 0 Å². The zero-order valence-electron chi connectivity index (χ0n) is 18.0. The summed E-state index contributed by atoms with van der Waals surface area (Å²) < 4.78 is 2.09. The molecule has 0 unspecified atom stereocenters. The Hall–Kier alpha value is -2.64. The van der Waals surface area contributed by atoms with Gasteiger partial charge in [0, 0.05) is 11.4 Å². The van der Waals surface area contributed by atoms with Gasteiger partial charge in [0.05, 0.1) is 12.3 Å². The molecule has 31 heavy (non-hydrogen) atoms. The Bertz CT molecular complexity index is 998. The van der Waals surface area contributed by atoms with E-state index in [0.29, 0.717) is 0 Å². The molecule has 1 aromatic heterocycles. The van der Waals surface area contributed by atoms with Crippen molar-refractivity contribution in [2.75, 3.05) is 24.2 Å². The van der Waals surface area contributed by atoms with Crippen LogP contribution < -0.4 is 5.32 Å². The first-order chi connectivity index (χ1) is 15.2. The van der Waals surface area contributed by atoms with Gasteiger partial charge < -0.3 is 5.32 Å². The summed E-state index contributed by atoms with van der Waals surface area (Å²) in [7, 11) is 0. The van der Waals surface area contributed by atoms with E-state index in [9.17, 15) is 4.79 Å². The number of nitrogens with one attached hydrogen (secondary N) is 1. The van der Waals surface area contributed by atoms with Gasteiger partial charge in [-0.1, -0.05) is 55.4 Å². The van der Waals surface area contributed by atoms with Crippen LogP contribution in [0.5, 0.6) is 0 Å². The number of para-hydroxylation sites is 1. The molecule has 3 aromatic rings. The van der Waals surface area contributed by atoms with E-state index in [1.165, 1.54) is 36.6 Å². The lowest BCUT2D eigenvalue weighted by Crippen LogP contribution is -2.30. The monoisotopic (exact) mass is 435 g/mol. The predicted octanol–water partition coefficient (Wildman–Crippen LogP) is 4.55. The van der Waals surface area contributed by atoms with Crippen LogP contribution in [-0.2, 0) is 17.8 Å². The number of carbonyl (C=O) groups is 1. The van der Waals surface area contributed by atoms with Crippen molar-refractivity contribution in [3.05, 3.63) is 66.0 Å². The second kappa shape index (κ2) is 10.6. The Morgan fingerprint density at radius 3 is 2.61 bits per heavy atom. The molecule has 1 N–H and O–H groups in total. The average molecular weight is 436 g/mol. The molecule has 7 heteroatoms. The molecule has 0 atom stereocenters. The molecule has 1 amide bonds. The van der Waals surface area contributed by atoms with Crippen LogP contribution in [-0.4, -0.2) is 44.4 Å². The molecule has 0 spiro atoms. The number of anilines is 1. The van der Waals surface area contributed by atoms with Gasteiger partial charge in [-0.2, -0.15) is 0 Å². The minimum Gasteiger partial charge on any atom is -0.325 e. The fourth-order valence-electron chi connectivity index (χ4n) is 3.85. The van der Waals surface area contributed by atoms with Crippen molar-refractivity contribution in [1.29, 1.82) is 0 Å². The quantitative estimate of drug-likeness (QED) is 0.526. The molecule has 1 aliphatic rings. The fourth-order valence-corrected chi connectivity index (χ4v) is 4.62. The van der Waals surface area contributed by atoms with Crippen molar-refractivity contribution >= 4 is 23.4 Å². The molecule has 2 aromatic carbocycles. The minimum atomic E-state index is -0.0431. The maximum atomic E-state index is 12.6. The number of nitrogens with zero attached hydrogens (tertiary/aromatic N) is 4. The number of aromatic nitrogens is 3. The zero-order valence-corrected chi connectivity index (χ0v) is 18.8. The van der Waals surface area contributed by atoms with Crippen LogP contribution in [0.25, 0.3) is 5.69 Å². The molecule has 1 aliphatic heterocycles. The van der Waals surface area contributed by atoms with Crippen LogP contribution in [0.3, 0.4) is 0 Å². The van der Waals surface area contributed by atoms with Gasteiger partial charge in [0.1, 0.15) is 0 Å². The van der Waals surface area contributed by atoms with Gasteiger partial charge in [0.25, 0.3) is 0 Å². The summed E-state index contributed by atoms with van der Waals surface area (Å²) in [4.78, 5) is 15.0. The molecule has 1 fully saturated rings. The number of benzene rings is 2. The third-order valence-electron chi connectivity index (χ3n) is 5.48. The van der Waals surface area contributed by atoms with Crippen LogP contribution in [0.4, 0.5) is 5.69 Å². The SMILES string of the molecule is CCc1cccc(NC(=O)CSc2nnc(CN3CCCCC3)n2-c2ccccc2)c1. The van der Waals surface area contributed by atoms with E-state index in [2.05, 4.69) is 50.1 Å². The summed E-state index contributed by atoms with van der Waals surface area (Å²) in [6.45, 7) is 5.08. The zero-order chi connectivity index (χ0) is 21.5. The highest BCUT2D eigenvalue weighted by Gasteiger charge is 2.19. The van der Waals surface area contributed by atoms with Gasteiger partial charge in [-0.3, -0.25) is 14.3 Å². The Morgan fingerprint density at radius 1 is 1.03 bits per heavy atom. The van der Waals surface area contributed by atoms with Gasteiger partial charge in [0.15, 0.2) is 11.0 Å². The third kappa shape index (κ3) is 5.74. The van der Waals surface area contributed by atoms with E-state index in [1.807, 2.05) is 36.4 Å². The Labute approximate surface area is 188 Å². The average Bonchev–Trinajstić information content (AvgIpc) is 3.21. The topological polar surface area (TPSA) is 63.1 Å². The molecule has 0 bridgehead atoms. The molecule has 6 nitrogen and oxygen atoms in total.